The van der Waals surface area contributed by atoms with Crippen molar-refractivity contribution in [2.75, 3.05) is 12.5 Å². The molecule has 0 atom stereocenters. The molecule has 14 heavy (non-hydrogen) atoms. The summed E-state index contributed by atoms with van der Waals surface area (Å²) >= 11 is 0. The topological polar surface area (TPSA) is 17.1 Å². The molecule has 0 aromatic heterocycles. The number of thiol groups is 1. The summed E-state index contributed by atoms with van der Waals surface area (Å²) in [5.74, 6) is 0. The minimum Gasteiger partial charge on any atom is -0.281 e. The monoisotopic (exact) mass is 212 g/mol. The van der Waals surface area contributed by atoms with E-state index in [4.69, 9.17) is 0 Å². The highest BCUT2D eigenvalue weighted by atomic mass is 32.2. The van der Waals surface area contributed by atoms with Crippen molar-refractivity contribution in [2.45, 2.75) is 31.1 Å². The van der Waals surface area contributed by atoms with Crippen molar-refractivity contribution < 1.29 is 4.21 Å². The lowest BCUT2D eigenvalue weighted by atomic mass is 9.87. The maximum absolute atomic E-state index is 11.8. The number of benzene rings is 1. The van der Waals surface area contributed by atoms with Gasteiger partial charge in [-0.25, -0.2) is 0 Å². The molecular weight excluding hydrogens is 192 g/mol. The van der Waals surface area contributed by atoms with Gasteiger partial charge in [0.1, 0.15) is 0 Å². The third kappa shape index (κ3) is 2.68. The Hall–Kier alpha value is -0.630. The van der Waals surface area contributed by atoms with Crippen molar-refractivity contribution in [2.24, 2.45) is 0 Å². The van der Waals surface area contributed by atoms with Gasteiger partial charge in [-0.3, -0.25) is 4.21 Å². The molecule has 1 nitrogen and oxygen atoms in total. The van der Waals surface area contributed by atoms with Crippen LogP contribution < -0.4 is 0 Å². The number of hydrogen-bond donors (Lipinski definition) is 1. The third-order valence-corrected chi connectivity index (χ3v) is 3.90. The molecule has 1 aromatic carbocycles. The Morgan fingerprint density at radius 1 is 1.00 bits per heavy atom. The molecule has 1 aromatic rings. The lowest BCUT2D eigenvalue weighted by Gasteiger charge is -2.20. The van der Waals surface area contributed by atoms with Gasteiger partial charge in [-0.15, -0.1) is 0 Å². The van der Waals surface area contributed by atoms with Crippen LogP contribution in [0.1, 0.15) is 26.3 Å². The van der Waals surface area contributed by atoms with E-state index in [1.54, 1.807) is 12.5 Å². The predicted molar refractivity (Wildman–Crippen MR) is 64.8 cm³/mol. The SMILES string of the molecule is CC(C)(C)c1ccc([SH](C)(C)=O)cc1. The molecule has 0 spiro atoms. The predicted octanol–water partition coefficient (Wildman–Crippen LogP) is 2.62. The highest BCUT2D eigenvalue weighted by molar-refractivity contribution is 8.01. The van der Waals surface area contributed by atoms with Crippen molar-refractivity contribution in [1.82, 2.24) is 0 Å². The second-order valence-electron chi connectivity index (χ2n) is 5.15. The molecule has 0 aliphatic heterocycles. The molecule has 0 saturated carbocycles. The van der Waals surface area contributed by atoms with Crippen LogP contribution in [-0.2, 0) is 15.3 Å². The van der Waals surface area contributed by atoms with Crippen LogP contribution in [0.25, 0.3) is 0 Å². The molecule has 0 unspecified atom stereocenters. The zero-order valence-corrected chi connectivity index (χ0v) is 10.6. The second-order valence-corrected chi connectivity index (χ2v) is 8.37. The fraction of sp³-hybridized carbons (Fsp3) is 0.500. The summed E-state index contributed by atoms with van der Waals surface area (Å²) < 4.78 is 11.8. The summed E-state index contributed by atoms with van der Waals surface area (Å²) in [6, 6.07) is 8.13. The van der Waals surface area contributed by atoms with Crippen molar-refractivity contribution in [3.63, 3.8) is 0 Å². The van der Waals surface area contributed by atoms with Gasteiger partial charge < -0.3 is 0 Å². The summed E-state index contributed by atoms with van der Waals surface area (Å²) in [7, 11) is -2.09. The Morgan fingerprint density at radius 3 is 1.71 bits per heavy atom. The van der Waals surface area contributed by atoms with E-state index in [2.05, 4.69) is 32.9 Å². The second kappa shape index (κ2) is 3.50. The van der Waals surface area contributed by atoms with Crippen LogP contribution in [0, 0.1) is 0 Å². The summed E-state index contributed by atoms with van der Waals surface area (Å²) in [6.45, 7) is 6.54. The lowest BCUT2D eigenvalue weighted by molar-refractivity contribution is 0.589. The smallest absolute Gasteiger partial charge is 0.0142 e. The number of rotatable bonds is 1. The van der Waals surface area contributed by atoms with Crippen LogP contribution in [0.4, 0.5) is 0 Å². The zero-order valence-electron chi connectivity index (χ0n) is 9.66. The fourth-order valence-electron chi connectivity index (χ4n) is 1.32. The zero-order chi connectivity index (χ0) is 11.0. The van der Waals surface area contributed by atoms with Gasteiger partial charge in [-0.1, -0.05) is 42.8 Å². The number of hydrogen-bond acceptors (Lipinski definition) is 1. The van der Waals surface area contributed by atoms with Gasteiger partial charge in [0.2, 0.25) is 0 Å². The first-order chi connectivity index (χ1) is 6.21. The fourth-order valence-corrected chi connectivity index (χ4v) is 2.19. The molecule has 0 saturated heterocycles. The molecule has 0 aliphatic rings. The quantitative estimate of drug-likeness (QED) is 0.708. The first kappa shape index (κ1) is 11.4. The molecule has 0 bridgehead atoms. The molecular formula is C12H20OS. The van der Waals surface area contributed by atoms with Crippen LogP contribution in [0.5, 0.6) is 0 Å². The average Bonchev–Trinajstić information content (AvgIpc) is 2.01. The van der Waals surface area contributed by atoms with Crippen molar-refractivity contribution in [1.29, 1.82) is 0 Å². The highest BCUT2D eigenvalue weighted by Gasteiger charge is 2.13. The Bertz CT molecular complexity index is 351. The molecule has 0 aliphatic carbocycles. The summed E-state index contributed by atoms with van der Waals surface area (Å²) in [6.07, 6.45) is 3.61. The van der Waals surface area contributed by atoms with Gasteiger partial charge >= 0.3 is 0 Å². The molecule has 0 fully saturated rings. The van der Waals surface area contributed by atoms with Crippen LogP contribution in [0.15, 0.2) is 29.2 Å². The van der Waals surface area contributed by atoms with Gasteiger partial charge in [0.05, 0.1) is 0 Å². The van der Waals surface area contributed by atoms with Gasteiger partial charge in [0.15, 0.2) is 0 Å². The van der Waals surface area contributed by atoms with Crippen LogP contribution in [0.2, 0.25) is 0 Å². The average molecular weight is 212 g/mol. The van der Waals surface area contributed by atoms with E-state index in [1.807, 2.05) is 12.1 Å². The first-order valence-corrected chi connectivity index (χ1v) is 7.47. The Balaban J connectivity index is 3.08. The van der Waals surface area contributed by atoms with E-state index in [-0.39, 0.29) is 5.41 Å². The van der Waals surface area contributed by atoms with E-state index in [1.165, 1.54) is 5.56 Å². The van der Waals surface area contributed by atoms with E-state index < -0.39 is 9.93 Å². The third-order valence-electron chi connectivity index (χ3n) is 2.36. The van der Waals surface area contributed by atoms with E-state index in [0.717, 1.165) is 4.90 Å². The first-order valence-electron chi connectivity index (χ1n) is 4.87. The summed E-state index contributed by atoms with van der Waals surface area (Å²) in [4.78, 5) is 0.963. The minimum absolute atomic E-state index is 0.171. The maximum atomic E-state index is 11.8. The van der Waals surface area contributed by atoms with Crippen molar-refractivity contribution in [3.05, 3.63) is 29.8 Å². The largest absolute Gasteiger partial charge is 0.281 e. The van der Waals surface area contributed by atoms with Gasteiger partial charge in [-0.05, 0) is 35.6 Å². The summed E-state index contributed by atoms with van der Waals surface area (Å²) in [5, 5.41) is 0. The van der Waals surface area contributed by atoms with E-state index >= 15 is 0 Å². The van der Waals surface area contributed by atoms with Crippen LogP contribution in [0.3, 0.4) is 0 Å². The van der Waals surface area contributed by atoms with E-state index in [0.29, 0.717) is 0 Å². The van der Waals surface area contributed by atoms with Crippen LogP contribution >= 0.6 is 0 Å². The Kier molecular flexibility index (Phi) is 2.86. The van der Waals surface area contributed by atoms with Gasteiger partial charge in [-0.2, -0.15) is 0 Å². The molecule has 0 radical (unpaired) electrons. The normalized spacial score (nSPS) is 14.1. The molecule has 1 rings (SSSR count). The van der Waals surface area contributed by atoms with Gasteiger partial charge in [0, 0.05) is 4.90 Å². The van der Waals surface area contributed by atoms with Gasteiger partial charge in [0.25, 0.3) is 0 Å². The minimum atomic E-state index is -2.09. The molecule has 0 N–H and O–H groups in total. The maximum Gasteiger partial charge on any atom is 0.0142 e. The van der Waals surface area contributed by atoms with E-state index in [9.17, 15) is 4.21 Å². The Labute approximate surface area is 88.0 Å². The summed E-state index contributed by atoms with van der Waals surface area (Å²) in [5.41, 5.74) is 1.46. The lowest BCUT2D eigenvalue weighted by Crippen LogP contribution is -2.12. The molecule has 80 valence electrons. The molecule has 0 heterocycles. The van der Waals surface area contributed by atoms with Crippen molar-refractivity contribution >= 4 is 9.93 Å². The van der Waals surface area contributed by atoms with Crippen molar-refractivity contribution in [3.8, 4) is 0 Å². The molecule has 2 heteroatoms. The highest BCUT2D eigenvalue weighted by Crippen LogP contribution is 2.24. The standard InChI is InChI=1S/C12H20OS/c1-12(2,3)10-6-8-11(9-7-10)14(4,5)13/h6-9,14H,1-5H3. The Morgan fingerprint density at radius 2 is 1.43 bits per heavy atom. The molecule has 0 amide bonds. The van der Waals surface area contributed by atoms with Crippen LogP contribution in [-0.4, -0.2) is 16.7 Å².